The van der Waals surface area contributed by atoms with E-state index in [1.807, 2.05) is 0 Å². The molecule has 0 aromatic heterocycles. The highest BCUT2D eigenvalue weighted by Crippen LogP contribution is 2.36. The van der Waals surface area contributed by atoms with Crippen LogP contribution in [0.4, 0.5) is 18.9 Å². The Balaban J connectivity index is 2.18. The maximum Gasteiger partial charge on any atom is 0.573 e. The van der Waals surface area contributed by atoms with Gasteiger partial charge in [-0.2, -0.15) is 0 Å². The molecule has 3 N–H and O–H groups in total. The van der Waals surface area contributed by atoms with Crippen molar-refractivity contribution in [2.45, 2.75) is 31.7 Å². The zero-order valence-electron chi connectivity index (χ0n) is 10.7. The van der Waals surface area contributed by atoms with Crippen molar-refractivity contribution >= 4 is 21.6 Å². The van der Waals surface area contributed by atoms with E-state index >= 15 is 0 Å². The Morgan fingerprint density at radius 3 is 2.75 bits per heavy atom. The van der Waals surface area contributed by atoms with E-state index in [1.165, 1.54) is 6.07 Å². The lowest BCUT2D eigenvalue weighted by Crippen LogP contribution is -2.30. The molecule has 112 valence electrons. The van der Waals surface area contributed by atoms with Crippen LogP contribution in [0.1, 0.15) is 19.3 Å². The van der Waals surface area contributed by atoms with Crippen molar-refractivity contribution in [2.24, 2.45) is 11.7 Å². The summed E-state index contributed by atoms with van der Waals surface area (Å²) < 4.78 is 41.9. The van der Waals surface area contributed by atoms with Gasteiger partial charge in [-0.15, -0.1) is 13.2 Å². The number of hydrogen-bond donors (Lipinski definition) is 2. The van der Waals surface area contributed by atoms with Crippen molar-refractivity contribution in [1.82, 2.24) is 0 Å². The van der Waals surface area contributed by atoms with Gasteiger partial charge in [-0.1, -0.05) is 22.4 Å². The second-order valence-electron chi connectivity index (χ2n) is 4.87. The molecule has 2 atom stereocenters. The van der Waals surface area contributed by atoms with Gasteiger partial charge in [0.15, 0.2) is 5.75 Å². The number of benzene rings is 1. The molecule has 1 aliphatic carbocycles. The zero-order chi connectivity index (χ0) is 14.8. The highest BCUT2D eigenvalue weighted by Gasteiger charge is 2.33. The molecule has 0 amide bonds. The first kappa shape index (κ1) is 15.4. The summed E-state index contributed by atoms with van der Waals surface area (Å²) in [5.74, 6) is 0.0620. The average molecular weight is 353 g/mol. The van der Waals surface area contributed by atoms with Crippen LogP contribution >= 0.6 is 15.9 Å². The Morgan fingerprint density at radius 1 is 1.35 bits per heavy atom. The first-order valence-corrected chi connectivity index (χ1v) is 7.20. The van der Waals surface area contributed by atoms with Crippen LogP contribution in [0.5, 0.6) is 5.75 Å². The number of anilines is 1. The van der Waals surface area contributed by atoms with E-state index < -0.39 is 6.36 Å². The number of ether oxygens (including phenoxy) is 1. The molecule has 0 radical (unpaired) electrons. The van der Waals surface area contributed by atoms with E-state index in [1.54, 1.807) is 12.1 Å². The SMILES string of the molecule is NCC1CCCC1Nc1ccc(Br)cc1OC(F)(F)F. The Hall–Kier alpha value is -0.950. The van der Waals surface area contributed by atoms with Gasteiger partial charge in [0.1, 0.15) is 0 Å². The fourth-order valence-corrected chi connectivity index (χ4v) is 2.87. The number of rotatable bonds is 4. The summed E-state index contributed by atoms with van der Waals surface area (Å²) in [5.41, 5.74) is 6.03. The third-order valence-corrected chi connectivity index (χ3v) is 3.97. The third-order valence-electron chi connectivity index (χ3n) is 3.47. The minimum absolute atomic E-state index is 0.0942. The molecule has 0 spiro atoms. The maximum absolute atomic E-state index is 12.4. The zero-order valence-corrected chi connectivity index (χ0v) is 12.3. The molecular weight excluding hydrogens is 337 g/mol. The lowest BCUT2D eigenvalue weighted by molar-refractivity contribution is -0.274. The molecule has 7 heteroatoms. The van der Waals surface area contributed by atoms with Gasteiger partial charge in [0.2, 0.25) is 0 Å². The molecule has 1 aliphatic rings. The fourth-order valence-electron chi connectivity index (χ4n) is 2.53. The van der Waals surface area contributed by atoms with Crippen molar-refractivity contribution < 1.29 is 17.9 Å². The fraction of sp³-hybridized carbons (Fsp3) is 0.538. The second-order valence-corrected chi connectivity index (χ2v) is 5.78. The van der Waals surface area contributed by atoms with Crippen molar-refractivity contribution in [3.05, 3.63) is 22.7 Å². The largest absolute Gasteiger partial charge is 0.573 e. The highest BCUT2D eigenvalue weighted by atomic mass is 79.9. The van der Waals surface area contributed by atoms with Crippen LogP contribution in [0.2, 0.25) is 0 Å². The number of nitrogens with one attached hydrogen (secondary N) is 1. The van der Waals surface area contributed by atoms with E-state index in [2.05, 4.69) is 26.0 Å². The van der Waals surface area contributed by atoms with Crippen LogP contribution in [0.25, 0.3) is 0 Å². The second kappa shape index (κ2) is 6.22. The van der Waals surface area contributed by atoms with Crippen LogP contribution in [-0.4, -0.2) is 18.9 Å². The quantitative estimate of drug-likeness (QED) is 0.864. The van der Waals surface area contributed by atoms with E-state index in [9.17, 15) is 13.2 Å². The molecule has 1 aromatic rings. The third kappa shape index (κ3) is 4.02. The van der Waals surface area contributed by atoms with Crippen LogP contribution in [0.3, 0.4) is 0 Å². The van der Waals surface area contributed by atoms with Gasteiger partial charge in [0.05, 0.1) is 5.69 Å². The van der Waals surface area contributed by atoms with Gasteiger partial charge < -0.3 is 15.8 Å². The van der Waals surface area contributed by atoms with Crippen molar-refractivity contribution in [2.75, 3.05) is 11.9 Å². The molecule has 1 fully saturated rings. The van der Waals surface area contributed by atoms with Crippen LogP contribution in [-0.2, 0) is 0 Å². The molecule has 2 rings (SSSR count). The van der Waals surface area contributed by atoms with Gasteiger partial charge in [-0.05, 0) is 43.5 Å². The molecule has 1 saturated carbocycles. The molecule has 0 heterocycles. The number of hydrogen-bond acceptors (Lipinski definition) is 3. The monoisotopic (exact) mass is 352 g/mol. The number of alkyl halides is 3. The predicted octanol–water partition coefficient (Wildman–Crippen LogP) is 3.89. The summed E-state index contributed by atoms with van der Waals surface area (Å²) >= 11 is 3.15. The lowest BCUT2D eigenvalue weighted by Gasteiger charge is -2.23. The van der Waals surface area contributed by atoms with Gasteiger partial charge in [0.25, 0.3) is 0 Å². The van der Waals surface area contributed by atoms with Gasteiger partial charge >= 0.3 is 6.36 Å². The summed E-state index contributed by atoms with van der Waals surface area (Å²) in [6, 6.07) is 4.66. The van der Waals surface area contributed by atoms with E-state index in [4.69, 9.17) is 5.73 Å². The van der Waals surface area contributed by atoms with Crippen molar-refractivity contribution in [3.8, 4) is 5.75 Å². The Morgan fingerprint density at radius 2 is 2.10 bits per heavy atom. The van der Waals surface area contributed by atoms with Crippen LogP contribution < -0.4 is 15.8 Å². The molecule has 1 aromatic carbocycles. The minimum atomic E-state index is -4.71. The van der Waals surface area contributed by atoms with Crippen LogP contribution in [0, 0.1) is 5.92 Å². The highest BCUT2D eigenvalue weighted by molar-refractivity contribution is 9.10. The lowest BCUT2D eigenvalue weighted by atomic mass is 10.0. The van der Waals surface area contributed by atoms with Gasteiger partial charge in [-0.3, -0.25) is 0 Å². The minimum Gasteiger partial charge on any atom is -0.404 e. The molecule has 20 heavy (non-hydrogen) atoms. The number of nitrogens with two attached hydrogens (primary N) is 1. The van der Waals surface area contributed by atoms with Crippen molar-refractivity contribution in [3.63, 3.8) is 0 Å². The van der Waals surface area contributed by atoms with Crippen molar-refractivity contribution in [1.29, 1.82) is 0 Å². The summed E-state index contributed by atoms with van der Waals surface area (Å²) in [7, 11) is 0. The summed E-state index contributed by atoms with van der Waals surface area (Å²) in [6.07, 6.45) is -1.77. The molecular formula is C13H16BrF3N2O. The molecule has 3 nitrogen and oxygen atoms in total. The van der Waals surface area contributed by atoms with E-state index in [-0.39, 0.29) is 17.7 Å². The standard InChI is InChI=1S/C13H16BrF3N2O/c14-9-4-5-11(12(6-9)20-13(15,16)17)19-10-3-1-2-8(10)7-18/h4-6,8,10,19H,1-3,7,18H2. The Labute approximate surface area is 123 Å². The van der Waals surface area contributed by atoms with Gasteiger partial charge in [0, 0.05) is 10.5 Å². The van der Waals surface area contributed by atoms with E-state index in [0.717, 1.165) is 19.3 Å². The molecule has 2 unspecified atom stereocenters. The molecule has 0 aliphatic heterocycles. The topological polar surface area (TPSA) is 47.3 Å². The first-order valence-electron chi connectivity index (χ1n) is 6.41. The Kier molecular flexibility index (Phi) is 4.80. The first-order chi connectivity index (χ1) is 9.39. The molecule has 0 bridgehead atoms. The van der Waals surface area contributed by atoms with Gasteiger partial charge in [-0.25, -0.2) is 0 Å². The average Bonchev–Trinajstić information content (AvgIpc) is 2.78. The molecule has 0 saturated heterocycles. The summed E-state index contributed by atoms with van der Waals surface area (Å²) in [4.78, 5) is 0. The normalized spacial score (nSPS) is 22.9. The smallest absolute Gasteiger partial charge is 0.404 e. The predicted molar refractivity (Wildman–Crippen MR) is 74.6 cm³/mol. The Bertz CT molecular complexity index is 467. The van der Waals surface area contributed by atoms with E-state index in [0.29, 0.717) is 16.7 Å². The van der Waals surface area contributed by atoms with Crippen LogP contribution in [0.15, 0.2) is 22.7 Å². The number of halogens is 4. The maximum atomic E-state index is 12.4. The summed E-state index contributed by atoms with van der Waals surface area (Å²) in [5, 5.41) is 3.13. The summed E-state index contributed by atoms with van der Waals surface area (Å²) in [6.45, 7) is 0.531.